The summed E-state index contributed by atoms with van der Waals surface area (Å²) in [7, 11) is -4.66. The molecule has 2 rings (SSSR count). The van der Waals surface area contributed by atoms with Gasteiger partial charge < -0.3 is 0 Å². The zero-order valence-corrected chi connectivity index (χ0v) is 11.4. The number of nitro groups is 1. The maximum atomic E-state index is 13.5. The summed E-state index contributed by atoms with van der Waals surface area (Å²) in [4.78, 5) is 8.69. The average Bonchev–Trinajstić information content (AvgIpc) is 2.43. The average molecular weight is 332 g/mol. The molecular formula is C12H7F3N2O4S. The highest BCUT2D eigenvalue weighted by atomic mass is 32.2. The second-order valence-corrected chi connectivity index (χ2v) is 5.75. The SMILES string of the molecule is O=[N+]([O-])c1ccc(F)c(NS(=O)(=O)c2cc(F)ccc2F)c1. The summed E-state index contributed by atoms with van der Waals surface area (Å²) in [6, 6.07) is 3.85. The van der Waals surface area contributed by atoms with Crippen molar-refractivity contribution in [2.75, 3.05) is 4.72 Å². The van der Waals surface area contributed by atoms with Gasteiger partial charge >= 0.3 is 0 Å². The van der Waals surface area contributed by atoms with Crippen LogP contribution in [0.5, 0.6) is 0 Å². The Kier molecular flexibility index (Phi) is 4.04. The van der Waals surface area contributed by atoms with Crippen LogP contribution in [0, 0.1) is 27.6 Å². The number of hydrogen-bond donors (Lipinski definition) is 1. The number of non-ortho nitro benzene ring substituents is 1. The quantitative estimate of drug-likeness (QED) is 0.689. The van der Waals surface area contributed by atoms with Gasteiger partial charge in [-0.2, -0.15) is 0 Å². The van der Waals surface area contributed by atoms with Gasteiger partial charge in [-0.05, 0) is 24.3 Å². The predicted octanol–water partition coefficient (Wildman–Crippen LogP) is 2.81. The lowest BCUT2D eigenvalue weighted by molar-refractivity contribution is -0.384. The molecule has 2 aromatic carbocycles. The summed E-state index contributed by atoms with van der Waals surface area (Å²) in [5.74, 6) is -3.37. The van der Waals surface area contributed by atoms with E-state index in [-0.39, 0.29) is 0 Å². The maximum Gasteiger partial charge on any atom is 0.271 e. The fourth-order valence-electron chi connectivity index (χ4n) is 1.59. The third-order valence-corrected chi connectivity index (χ3v) is 3.97. The van der Waals surface area contributed by atoms with Gasteiger partial charge in [-0.15, -0.1) is 0 Å². The molecule has 0 saturated heterocycles. The Morgan fingerprint density at radius 2 is 1.64 bits per heavy atom. The highest BCUT2D eigenvalue weighted by Gasteiger charge is 2.22. The lowest BCUT2D eigenvalue weighted by Crippen LogP contribution is -2.16. The van der Waals surface area contributed by atoms with E-state index in [4.69, 9.17) is 0 Å². The van der Waals surface area contributed by atoms with E-state index in [1.54, 1.807) is 4.72 Å². The van der Waals surface area contributed by atoms with Gasteiger partial charge in [0.15, 0.2) is 0 Å². The Morgan fingerprint density at radius 1 is 1.00 bits per heavy atom. The molecule has 0 saturated carbocycles. The van der Waals surface area contributed by atoms with Crippen molar-refractivity contribution in [2.24, 2.45) is 0 Å². The molecule has 0 fully saturated rings. The molecule has 0 unspecified atom stereocenters. The molecule has 0 aliphatic rings. The van der Waals surface area contributed by atoms with Crippen LogP contribution in [0.4, 0.5) is 24.5 Å². The van der Waals surface area contributed by atoms with Crippen molar-refractivity contribution in [1.29, 1.82) is 0 Å². The third-order valence-electron chi connectivity index (χ3n) is 2.59. The molecular weight excluding hydrogens is 325 g/mol. The Hall–Kier alpha value is -2.62. The highest BCUT2D eigenvalue weighted by Crippen LogP contribution is 2.25. The number of nitro benzene ring substituents is 1. The molecule has 0 radical (unpaired) electrons. The minimum Gasteiger partial charge on any atom is -0.276 e. The van der Waals surface area contributed by atoms with Crippen LogP contribution in [-0.2, 0) is 10.0 Å². The zero-order chi connectivity index (χ0) is 16.5. The molecule has 0 spiro atoms. The largest absolute Gasteiger partial charge is 0.276 e. The van der Waals surface area contributed by atoms with Gasteiger partial charge in [0.05, 0.1) is 10.6 Å². The van der Waals surface area contributed by atoms with Gasteiger partial charge in [-0.3, -0.25) is 14.8 Å². The fourth-order valence-corrected chi connectivity index (χ4v) is 2.74. The molecule has 22 heavy (non-hydrogen) atoms. The zero-order valence-electron chi connectivity index (χ0n) is 10.6. The van der Waals surface area contributed by atoms with E-state index >= 15 is 0 Å². The highest BCUT2D eigenvalue weighted by molar-refractivity contribution is 7.92. The Labute approximate surface area is 122 Å². The van der Waals surface area contributed by atoms with Gasteiger partial charge in [0.2, 0.25) is 0 Å². The standard InChI is InChI=1S/C12H7F3N2O4S/c13-7-1-3-10(15)12(5-7)22(20,21)16-11-6-8(17(18)19)2-4-9(11)14/h1-6,16H. The Balaban J connectivity index is 2.47. The van der Waals surface area contributed by atoms with Crippen LogP contribution in [0.25, 0.3) is 0 Å². The first-order valence-corrected chi connectivity index (χ1v) is 7.11. The summed E-state index contributed by atoms with van der Waals surface area (Å²) in [6.07, 6.45) is 0. The number of sulfonamides is 1. The summed E-state index contributed by atoms with van der Waals surface area (Å²) < 4.78 is 65.6. The smallest absolute Gasteiger partial charge is 0.271 e. The number of halogens is 3. The maximum absolute atomic E-state index is 13.5. The van der Waals surface area contributed by atoms with Crippen molar-refractivity contribution in [1.82, 2.24) is 0 Å². The van der Waals surface area contributed by atoms with E-state index in [1.165, 1.54) is 0 Å². The molecule has 0 aliphatic carbocycles. The lowest BCUT2D eigenvalue weighted by atomic mass is 10.3. The minimum atomic E-state index is -4.66. The Morgan fingerprint density at radius 3 is 2.27 bits per heavy atom. The topological polar surface area (TPSA) is 89.3 Å². The molecule has 0 bridgehead atoms. The van der Waals surface area contributed by atoms with E-state index in [0.717, 1.165) is 6.07 Å². The van der Waals surface area contributed by atoms with E-state index in [9.17, 15) is 31.7 Å². The molecule has 6 nitrogen and oxygen atoms in total. The van der Waals surface area contributed by atoms with Crippen LogP contribution in [0.3, 0.4) is 0 Å². The summed E-state index contributed by atoms with van der Waals surface area (Å²) in [6.45, 7) is 0. The van der Waals surface area contributed by atoms with Crippen LogP contribution in [0.2, 0.25) is 0 Å². The summed E-state index contributed by atoms with van der Waals surface area (Å²) >= 11 is 0. The molecule has 10 heteroatoms. The Bertz CT molecular complexity index is 855. The number of nitrogens with one attached hydrogen (secondary N) is 1. The second kappa shape index (κ2) is 5.64. The van der Waals surface area contributed by atoms with Crippen LogP contribution in [0.15, 0.2) is 41.3 Å². The van der Waals surface area contributed by atoms with Gasteiger partial charge in [-0.25, -0.2) is 21.6 Å². The van der Waals surface area contributed by atoms with Gasteiger partial charge in [0, 0.05) is 12.1 Å². The van der Waals surface area contributed by atoms with Crippen molar-refractivity contribution in [2.45, 2.75) is 4.90 Å². The summed E-state index contributed by atoms with van der Waals surface area (Å²) in [5, 5.41) is 10.6. The molecule has 1 N–H and O–H groups in total. The number of benzene rings is 2. The molecule has 116 valence electrons. The van der Waals surface area contributed by atoms with E-state index in [2.05, 4.69) is 0 Å². The van der Waals surface area contributed by atoms with Crippen LogP contribution in [0.1, 0.15) is 0 Å². The first-order valence-electron chi connectivity index (χ1n) is 5.62. The predicted molar refractivity (Wildman–Crippen MR) is 70.2 cm³/mol. The second-order valence-electron chi connectivity index (χ2n) is 4.10. The number of nitrogens with zero attached hydrogens (tertiary/aromatic N) is 1. The lowest BCUT2D eigenvalue weighted by Gasteiger charge is -2.09. The van der Waals surface area contributed by atoms with Crippen molar-refractivity contribution in [3.05, 3.63) is 64.0 Å². The van der Waals surface area contributed by atoms with Gasteiger partial charge in [0.1, 0.15) is 22.3 Å². The van der Waals surface area contributed by atoms with Crippen molar-refractivity contribution in [3.63, 3.8) is 0 Å². The van der Waals surface area contributed by atoms with Crippen molar-refractivity contribution in [3.8, 4) is 0 Å². The van der Waals surface area contributed by atoms with Crippen LogP contribution in [-0.4, -0.2) is 13.3 Å². The van der Waals surface area contributed by atoms with E-state index in [1.807, 2.05) is 0 Å². The molecule has 0 atom stereocenters. The number of anilines is 1. The van der Waals surface area contributed by atoms with E-state index in [0.29, 0.717) is 30.3 Å². The van der Waals surface area contributed by atoms with Gasteiger partial charge in [-0.1, -0.05) is 0 Å². The van der Waals surface area contributed by atoms with Crippen molar-refractivity contribution >= 4 is 21.4 Å². The third kappa shape index (κ3) is 3.17. The molecule has 2 aromatic rings. The van der Waals surface area contributed by atoms with Crippen molar-refractivity contribution < 1.29 is 26.5 Å². The van der Waals surface area contributed by atoms with E-state index < -0.39 is 48.7 Å². The molecule has 0 heterocycles. The first-order chi connectivity index (χ1) is 10.2. The van der Waals surface area contributed by atoms with Crippen LogP contribution >= 0.6 is 0 Å². The fraction of sp³-hybridized carbons (Fsp3) is 0. The first kappa shape index (κ1) is 15.8. The molecule has 0 amide bonds. The normalized spacial score (nSPS) is 11.2. The number of hydrogen-bond acceptors (Lipinski definition) is 4. The van der Waals surface area contributed by atoms with Gasteiger partial charge in [0.25, 0.3) is 15.7 Å². The summed E-state index contributed by atoms with van der Waals surface area (Å²) in [5.41, 5.74) is -1.32. The monoisotopic (exact) mass is 332 g/mol. The molecule has 0 aliphatic heterocycles. The molecule has 0 aromatic heterocycles. The number of rotatable bonds is 4. The van der Waals surface area contributed by atoms with Crippen LogP contribution < -0.4 is 4.72 Å². The minimum absolute atomic E-state index is 0.410.